The molecule has 0 saturated carbocycles. The molecule has 26 heavy (non-hydrogen) atoms. The summed E-state index contributed by atoms with van der Waals surface area (Å²) in [6.45, 7) is -0.209. The lowest BCUT2D eigenvalue weighted by molar-refractivity contribution is -0.123. The molecule has 0 radical (unpaired) electrons. The van der Waals surface area contributed by atoms with Crippen molar-refractivity contribution in [2.75, 3.05) is 6.61 Å². The van der Waals surface area contributed by atoms with Crippen molar-refractivity contribution >= 4 is 11.8 Å². The highest BCUT2D eigenvalue weighted by atomic mass is 16.5. The van der Waals surface area contributed by atoms with Crippen LogP contribution >= 0.6 is 0 Å². The molecule has 0 aliphatic carbocycles. The predicted molar refractivity (Wildman–Crippen MR) is 99.4 cm³/mol. The lowest BCUT2D eigenvalue weighted by Gasteiger charge is -2.12. The maximum absolute atomic E-state index is 11.9. The summed E-state index contributed by atoms with van der Waals surface area (Å²) < 4.78 is 5.63. The minimum atomic E-state index is -0.447. The summed E-state index contributed by atoms with van der Waals surface area (Å²) in [7, 11) is 0. The first-order valence-electron chi connectivity index (χ1n) is 8.15. The average molecular weight is 346 g/mol. The average Bonchev–Trinajstić information content (AvgIpc) is 2.72. The van der Waals surface area contributed by atoms with Crippen LogP contribution in [0.2, 0.25) is 0 Å². The molecule has 0 aliphatic rings. The van der Waals surface area contributed by atoms with Crippen LogP contribution in [0.15, 0.2) is 84.9 Å². The Labute approximate surface area is 151 Å². The monoisotopic (exact) mass is 346 g/mol. The van der Waals surface area contributed by atoms with Crippen molar-refractivity contribution in [3.8, 4) is 16.9 Å². The van der Waals surface area contributed by atoms with Crippen molar-refractivity contribution in [1.82, 2.24) is 10.9 Å². The molecule has 3 rings (SSSR count). The summed E-state index contributed by atoms with van der Waals surface area (Å²) in [6.07, 6.45) is 0. The SMILES string of the molecule is O=C(COc1ccccc1-c1ccccc1)NNC(=O)c1ccccc1. The Kier molecular flexibility index (Phi) is 5.62. The molecule has 2 N–H and O–H groups in total. The Balaban J connectivity index is 1.56. The van der Waals surface area contributed by atoms with E-state index < -0.39 is 5.91 Å². The smallest absolute Gasteiger partial charge is 0.276 e. The highest BCUT2D eigenvalue weighted by Crippen LogP contribution is 2.29. The van der Waals surface area contributed by atoms with Crippen LogP contribution < -0.4 is 15.6 Å². The normalized spacial score (nSPS) is 10.0. The van der Waals surface area contributed by atoms with Gasteiger partial charge in [-0.05, 0) is 23.8 Å². The highest BCUT2D eigenvalue weighted by molar-refractivity contribution is 5.95. The third-order valence-electron chi connectivity index (χ3n) is 3.68. The first-order valence-corrected chi connectivity index (χ1v) is 8.15. The first kappa shape index (κ1) is 17.2. The Morgan fingerprint density at radius 3 is 2.08 bits per heavy atom. The fourth-order valence-electron chi connectivity index (χ4n) is 2.42. The van der Waals surface area contributed by atoms with Crippen molar-refractivity contribution in [3.05, 3.63) is 90.5 Å². The van der Waals surface area contributed by atoms with Crippen LogP contribution in [-0.2, 0) is 4.79 Å². The molecule has 3 aromatic carbocycles. The van der Waals surface area contributed by atoms with E-state index in [1.807, 2.05) is 54.6 Å². The topological polar surface area (TPSA) is 67.4 Å². The van der Waals surface area contributed by atoms with Crippen LogP contribution in [0.25, 0.3) is 11.1 Å². The van der Waals surface area contributed by atoms with E-state index >= 15 is 0 Å². The fourth-order valence-corrected chi connectivity index (χ4v) is 2.42. The number of amides is 2. The van der Waals surface area contributed by atoms with Crippen LogP contribution in [-0.4, -0.2) is 18.4 Å². The molecule has 0 spiro atoms. The number of carbonyl (C=O) groups is 2. The van der Waals surface area contributed by atoms with Crippen LogP contribution in [0.1, 0.15) is 10.4 Å². The van der Waals surface area contributed by atoms with Crippen molar-refractivity contribution in [2.24, 2.45) is 0 Å². The van der Waals surface area contributed by atoms with Gasteiger partial charge in [0.05, 0.1) is 0 Å². The fraction of sp³-hybridized carbons (Fsp3) is 0.0476. The second-order valence-corrected chi connectivity index (χ2v) is 5.52. The number of nitrogens with one attached hydrogen (secondary N) is 2. The largest absolute Gasteiger partial charge is 0.483 e. The molecule has 0 atom stereocenters. The number of hydrogen-bond acceptors (Lipinski definition) is 3. The number of ether oxygens (including phenoxy) is 1. The summed E-state index contributed by atoms with van der Waals surface area (Å²) >= 11 is 0. The van der Waals surface area contributed by atoms with E-state index in [9.17, 15) is 9.59 Å². The minimum absolute atomic E-state index is 0.209. The van der Waals surface area contributed by atoms with Gasteiger partial charge in [-0.15, -0.1) is 0 Å². The number of para-hydroxylation sites is 1. The zero-order chi connectivity index (χ0) is 18.2. The molecule has 0 bridgehead atoms. The summed E-state index contributed by atoms with van der Waals surface area (Å²) in [5, 5.41) is 0. The van der Waals surface area contributed by atoms with Crippen LogP contribution in [0, 0.1) is 0 Å². The summed E-state index contributed by atoms with van der Waals surface area (Å²) in [5.41, 5.74) is 7.07. The minimum Gasteiger partial charge on any atom is -0.483 e. The van der Waals surface area contributed by atoms with Gasteiger partial charge in [-0.3, -0.25) is 20.4 Å². The Bertz CT molecular complexity index is 880. The van der Waals surface area contributed by atoms with Gasteiger partial charge in [0.2, 0.25) is 0 Å². The van der Waals surface area contributed by atoms with E-state index in [4.69, 9.17) is 4.74 Å². The molecule has 0 fully saturated rings. The predicted octanol–water partition coefficient (Wildman–Crippen LogP) is 3.19. The Hall–Kier alpha value is -3.60. The number of carbonyl (C=O) groups excluding carboxylic acids is 2. The molecule has 0 aliphatic heterocycles. The molecular formula is C21H18N2O3. The van der Waals surface area contributed by atoms with Gasteiger partial charge in [0.25, 0.3) is 11.8 Å². The molecule has 3 aromatic rings. The maximum Gasteiger partial charge on any atom is 0.276 e. The summed E-state index contributed by atoms with van der Waals surface area (Å²) in [6, 6.07) is 25.9. The lowest BCUT2D eigenvalue weighted by Crippen LogP contribution is -2.43. The molecule has 0 heterocycles. The molecule has 0 unspecified atom stereocenters. The van der Waals surface area contributed by atoms with Crippen LogP contribution in [0.5, 0.6) is 5.75 Å². The third-order valence-corrected chi connectivity index (χ3v) is 3.68. The zero-order valence-electron chi connectivity index (χ0n) is 14.0. The standard InChI is InChI=1S/C21H18N2O3/c24-20(22-23-21(25)17-11-5-2-6-12-17)15-26-19-14-8-7-13-18(19)16-9-3-1-4-10-16/h1-14H,15H2,(H,22,24)(H,23,25). The number of hydrazine groups is 1. The molecule has 5 heteroatoms. The van der Waals surface area contributed by atoms with E-state index in [1.54, 1.807) is 30.3 Å². The van der Waals surface area contributed by atoms with Gasteiger partial charge in [0, 0.05) is 11.1 Å². The van der Waals surface area contributed by atoms with Crippen molar-refractivity contribution in [2.45, 2.75) is 0 Å². The van der Waals surface area contributed by atoms with Crippen LogP contribution in [0.3, 0.4) is 0 Å². The number of hydrogen-bond donors (Lipinski definition) is 2. The highest BCUT2D eigenvalue weighted by Gasteiger charge is 2.10. The van der Waals surface area contributed by atoms with E-state index in [-0.39, 0.29) is 12.5 Å². The third kappa shape index (κ3) is 4.48. The van der Waals surface area contributed by atoms with E-state index in [0.29, 0.717) is 11.3 Å². The Morgan fingerprint density at radius 1 is 0.731 bits per heavy atom. The number of rotatable bonds is 5. The van der Waals surface area contributed by atoms with Crippen molar-refractivity contribution < 1.29 is 14.3 Å². The molecule has 0 saturated heterocycles. The maximum atomic E-state index is 11.9. The first-order chi connectivity index (χ1) is 12.7. The number of benzene rings is 3. The van der Waals surface area contributed by atoms with E-state index in [1.165, 1.54) is 0 Å². The van der Waals surface area contributed by atoms with Gasteiger partial charge in [-0.25, -0.2) is 0 Å². The molecule has 0 aromatic heterocycles. The second kappa shape index (κ2) is 8.48. The van der Waals surface area contributed by atoms with Gasteiger partial charge >= 0.3 is 0 Å². The quantitative estimate of drug-likeness (QED) is 0.697. The van der Waals surface area contributed by atoms with Gasteiger partial charge in [-0.1, -0.05) is 66.7 Å². The van der Waals surface area contributed by atoms with Gasteiger partial charge in [0.1, 0.15) is 5.75 Å². The second-order valence-electron chi connectivity index (χ2n) is 5.52. The van der Waals surface area contributed by atoms with Crippen molar-refractivity contribution in [1.29, 1.82) is 0 Å². The van der Waals surface area contributed by atoms with Gasteiger partial charge in [0.15, 0.2) is 6.61 Å². The summed E-state index contributed by atoms with van der Waals surface area (Å²) in [5.74, 6) is -0.232. The van der Waals surface area contributed by atoms with Gasteiger partial charge in [-0.2, -0.15) is 0 Å². The van der Waals surface area contributed by atoms with Crippen LogP contribution in [0.4, 0.5) is 0 Å². The molecule has 2 amide bonds. The Morgan fingerprint density at radius 2 is 1.35 bits per heavy atom. The van der Waals surface area contributed by atoms with E-state index in [0.717, 1.165) is 11.1 Å². The molecular weight excluding hydrogens is 328 g/mol. The molecule has 130 valence electrons. The van der Waals surface area contributed by atoms with Gasteiger partial charge < -0.3 is 4.74 Å². The molecule has 5 nitrogen and oxygen atoms in total. The lowest BCUT2D eigenvalue weighted by atomic mass is 10.1. The van der Waals surface area contributed by atoms with E-state index in [2.05, 4.69) is 10.9 Å². The summed E-state index contributed by atoms with van der Waals surface area (Å²) in [4.78, 5) is 23.8. The zero-order valence-corrected chi connectivity index (χ0v) is 14.0. The van der Waals surface area contributed by atoms with Crippen molar-refractivity contribution in [3.63, 3.8) is 0 Å².